The van der Waals surface area contributed by atoms with E-state index in [1.807, 2.05) is 10.9 Å². The van der Waals surface area contributed by atoms with Crippen LogP contribution in [-0.2, 0) is 11.2 Å². The summed E-state index contributed by atoms with van der Waals surface area (Å²) in [5.74, 6) is 0. The van der Waals surface area contributed by atoms with Crippen LogP contribution in [0.25, 0.3) is 0 Å². The van der Waals surface area contributed by atoms with Crippen molar-refractivity contribution in [3.05, 3.63) is 18.0 Å². The largest absolute Gasteiger partial charge is 0.382 e. The van der Waals surface area contributed by atoms with Crippen LogP contribution in [0.2, 0.25) is 0 Å². The Morgan fingerprint density at radius 3 is 2.59 bits per heavy atom. The van der Waals surface area contributed by atoms with Crippen molar-refractivity contribution in [3.8, 4) is 0 Å². The summed E-state index contributed by atoms with van der Waals surface area (Å²) in [6.45, 7) is 6.31. The topological polar surface area (TPSA) is 53.1 Å². The number of methoxy groups -OCH3 is 1. The monoisotopic (exact) mass is 239 g/mol. The van der Waals surface area contributed by atoms with E-state index in [-0.39, 0.29) is 12.1 Å². The molecular formula is C13H25N3O. The van der Waals surface area contributed by atoms with Crippen molar-refractivity contribution in [1.29, 1.82) is 0 Å². The Bertz CT molecular complexity index is 322. The average Bonchev–Trinajstić information content (AvgIpc) is 2.74. The molecule has 0 bridgehead atoms. The molecule has 1 aromatic rings. The highest BCUT2D eigenvalue weighted by Gasteiger charge is 2.09. The molecule has 2 N–H and O–H groups in total. The van der Waals surface area contributed by atoms with Crippen LogP contribution in [0.3, 0.4) is 0 Å². The summed E-state index contributed by atoms with van der Waals surface area (Å²) in [6, 6.07) is 2.64. The third-order valence-electron chi connectivity index (χ3n) is 3.01. The molecule has 0 aliphatic carbocycles. The Morgan fingerprint density at radius 2 is 2.06 bits per heavy atom. The molecule has 0 spiro atoms. The van der Waals surface area contributed by atoms with Gasteiger partial charge in [-0.25, -0.2) is 0 Å². The highest BCUT2D eigenvalue weighted by atomic mass is 16.5. The van der Waals surface area contributed by atoms with Crippen LogP contribution in [-0.4, -0.2) is 29.0 Å². The highest BCUT2D eigenvalue weighted by Crippen LogP contribution is 2.09. The zero-order valence-electron chi connectivity index (χ0n) is 11.4. The number of hydrogen-bond donors (Lipinski definition) is 1. The molecule has 0 saturated heterocycles. The van der Waals surface area contributed by atoms with E-state index in [9.17, 15) is 0 Å². The van der Waals surface area contributed by atoms with Gasteiger partial charge in [-0.1, -0.05) is 0 Å². The molecule has 1 rings (SSSR count). The first-order valence-corrected chi connectivity index (χ1v) is 6.35. The van der Waals surface area contributed by atoms with Gasteiger partial charge in [-0.2, -0.15) is 5.10 Å². The second kappa shape index (κ2) is 6.77. The van der Waals surface area contributed by atoms with Crippen molar-refractivity contribution in [2.24, 2.45) is 5.73 Å². The lowest BCUT2D eigenvalue weighted by molar-refractivity contribution is 0.107. The Morgan fingerprint density at radius 1 is 1.35 bits per heavy atom. The number of rotatable bonds is 7. The summed E-state index contributed by atoms with van der Waals surface area (Å²) < 4.78 is 7.18. The van der Waals surface area contributed by atoms with Crippen molar-refractivity contribution in [2.45, 2.75) is 58.2 Å². The lowest BCUT2D eigenvalue weighted by Gasteiger charge is -2.13. The first kappa shape index (κ1) is 14.2. The minimum atomic E-state index is 0.170. The van der Waals surface area contributed by atoms with Crippen LogP contribution in [0.15, 0.2) is 12.3 Å². The lowest BCUT2D eigenvalue weighted by atomic mass is 10.1. The third kappa shape index (κ3) is 4.88. The zero-order chi connectivity index (χ0) is 12.8. The minimum absolute atomic E-state index is 0.170. The maximum absolute atomic E-state index is 6.09. The summed E-state index contributed by atoms with van der Waals surface area (Å²) in [6.07, 6.45) is 5.13. The van der Waals surface area contributed by atoms with Gasteiger partial charge in [-0.05, 0) is 39.7 Å². The van der Waals surface area contributed by atoms with Gasteiger partial charge in [-0.3, -0.25) is 4.68 Å². The Balaban J connectivity index is 2.36. The predicted octanol–water partition coefficient (Wildman–Crippen LogP) is 2.15. The standard InChI is InChI=1S/C13H25N3O/c1-10(2)16-8-7-13(15-16)9-12(14)6-5-11(3)17-4/h7-8,10-12H,5-6,9,14H2,1-4H3. The van der Waals surface area contributed by atoms with Gasteiger partial charge in [0.15, 0.2) is 0 Å². The average molecular weight is 239 g/mol. The Labute approximate surface area is 104 Å². The van der Waals surface area contributed by atoms with Crippen LogP contribution in [0, 0.1) is 0 Å². The lowest BCUT2D eigenvalue weighted by Crippen LogP contribution is -2.25. The predicted molar refractivity (Wildman–Crippen MR) is 70.0 cm³/mol. The molecule has 4 heteroatoms. The van der Waals surface area contributed by atoms with Crippen molar-refractivity contribution in [1.82, 2.24) is 9.78 Å². The van der Waals surface area contributed by atoms with E-state index in [4.69, 9.17) is 10.5 Å². The SMILES string of the molecule is COC(C)CCC(N)Cc1ccn(C(C)C)n1. The Kier molecular flexibility index (Phi) is 5.65. The molecule has 0 saturated carbocycles. The molecule has 1 aromatic heterocycles. The quantitative estimate of drug-likeness (QED) is 0.793. The summed E-state index contributed by atoms with van der Waals surface area (Å²) in [4.78, 5) is 0. The third-order valence-corrected chi connectivity index (χ3v) is 3.01. The van der Waals surface area contributed by atoms with E-state index in [1.165, 1.54) is 0 Å². The van der Waals surface area contributed by atoms with Gasteiger partial charge in [0.1, 0.15) is 0 Å². The van der Waals surface area contributed by atoms with Crippen LogP contribution < -0.4 is 5.73 Å². The summed E-state index contributed by atoms with van der Waals surface area (Å²) in [7, 11) is 1.74. The van der Waals surface area contributed by atoms with Gasteiger partial charge in [-0.15, -0.1) is 0 Å². The first-order valence-electron chi connectivity index (χ1n) is 6.35. The van der Waals surface area contributed by atoms with E-state index in [1.54, 1.807) is 7.11 Å². The highest BCUT2D eigenvalue weighted by molar-refractivity contribution is 5.01. The molecule has 2 unspecified atom stereocenters. The number of nitrogens with zero attached hydrogens (tertiary/aromatic N) is 2. The second-order valence-electron chi connectivity index (χ2n) is 4.97. The van der Waals surface area contributed by atoms with E-state index in [0.717, 1.165) is 25.0 Å². The zero-order valence-corrected chi connectivity index (χ0v) is 11.4. The molecule has 98 valence electrons. The molecule has 0 aliphatic rings. The van der Waals surface area contributed by atoms with Gasteiger partial charge in [0, 0.05) is 31.8 Å². The van der Waals surface area contributed by atoms with E-state index in [0.29, 0.717) is 6.04 Å². The molecular weight excluding hydrogens is 214 g/mol. The van der Waals surface area contributed by atoms with Gasteiger partial charge in [0.05, 0.1) is 11.8 Å². The summed E-state index contributed by atoms with van der Waals surface area (Å²) in [5, 5.41) is 4.50. The van der Waals surface area contributed by atoms with E-state index in [2.05, 4.69) is 31.9 Å². The van der Waals surface area contributed by atoms with Crippen molar-refractivity contribution in [3.63, 3.8) is 0 Å². The second-order valence-corrected chi connectivity index (χ2v) is 4.97. The molecule has 0 amide bonds. The molecule has 0 fully saturated rings. The minimum Gasteiger partial charge on any atom is -0.382 e. The van der Waals surface area contributed by atoms with Crippen LogP contribution >= 0.6 is 0 Å². The van der Waals surface area contributed by atoms with Gasteiger partial charge in [0.25, 0.3) is 0 Å². The molecule has 4 nitrogen and oxygen atoms in total. The Hall–Kier alpha value is -0.870. The molecule has 1 heterocycles. The fourth-order valence-electron chi connectivity index (χ4n) is 1.71. The summed E-state index contributed by atoms with van der Waals surface area (Å²) >= 11 is 0. The number of ether oxygens (including phenoxy) is 1. The van der Waals surface area contributed by atoms with E-state index < -0.39 is 0 Å². The van der Waals surface area contributed by atoms with Crippen LogP contribution in [0.1, 0.15) is 45.3 Å². The van der Waals surface area contributed by atoms with Gasteiger partial charge < -0.3 is 10.5 Å². The molecule has 2 atom stereocenters. The molecule has 0 aromatic carbocycles. The van der Waals surface area contributed by atoms with Crippen molar-refractivity contribution < 1.29 is 4.74 Å². The number of nitrogens with two attached hydrogens (primary N) is 1. The van der Waals surface area contributed by atoms with Crippen molar-refractivity contribution in [2.75, 3.05) is 7.11 Å². The fraction of sp³-hybridized carbons (Fsp3) is 0.769. The van der Waals surface area contributed by atoms with Gasteiger partial charge >= 0.3 is 0 Å². The maximum atomic E-state index is 6.09. The van der Waals surface area contributed by atoms with Gasteiger partial charge in [0.2, 0.25) is 0 Å². The first-order chi connectivity index (χ1) is 8.02. The van der Waals surface area contributed by atoms with Crippen LogP contribution in [0.4, 0.5) is 0 Å². The fourth-order valence-corrected chi connectivity index (χ4v) is 1.71. The molecule has 0 aliphatic heterocycles. The normalized spacial score (nSPS) is 15.2. The van der Waals surface area contributed by atoms with Crippen molar-refractivity contribution >= 4 is 0 Å². The number of hydrogen-bond acceptors (Lipinski definition) is 3. The van der Waals surface area contributed by atoms with Crippen LogP contribution in [0.5, 0.6) is 0 Å². The number of aromatic nitrogens is 2. The molecule has 17 heavy (non-hydrogen) atoms. The summed E-state index contributed by atoms with van der Waals surface area (Å²) in [5.41, 5.74) is 7.17. The van der Waals surface area contributed by atoms with E-state index >= 15 is 0 Å². The smallest absolute Gasteiger partial charge is 0.0640 e. The molecule has 0 radical (unpaired) electrons. The maximum Gasteiger partial charge on any atom is 0.0640 e.